The molecule has 3 N–H and O–H groups in total. The lowest BCUT2D eigenvalue weighted by Gasteiger charge is -2.21. The fourth-order valence-electron chi connectivity index (χ4n) is 12.5. The first-order valence-electron chi connectivity index (χ1n) is 42.0. The maximum Gasteiger partial charge on any atom is 0.472 e. The minimum atomic E-state index is -4.96. The van der Waals surface area contributed by atoms with E-state index in [1.807, 2.05) is 0 Å². The zero-order valence-corrected chi connectivity index (χ0v) is 67.3. The summed E-state index contributed by atoms with van der Waals surface area (Å²) in [6, 6.07) is 0. The van der Waals surface area contributed by atoms with Crippen LogP contribution in [0.5, 0.6) is 0 Å². The van der Waals surface area contributed by atoms with Crippen LogP contribution in [-0.4, -0.2) is 96.7 Å². The minimum Gasteiger partial charge on any atom is -0.462 e. The highest BCUT2D eigenvalue weighted by atomic mass is 31.2. The molecule has 5 atom stereocenters. The number of aliphatic hydroxyl groups excluding tert-OH is 1. The quantitative estimate of drug-likeness (QED) is 0.0222. The first kappa shape index (κ1) is 98.1. The van der Waals surface area contributed by atoms with Crippen LogP contribution in [0, 0.1) is 11.8 Å². The number of unbranched alkanes of at least 4 members (excludes halogenated alkanes) is 50. The van der Waals surface area contributed by atoms with Gasteiger partial charge in [-0.1, -0.05) is 375 Å². The molecule has 0 aliphatic rings. The number of aliphatic hydroxyl groups is 1. The van der Waals surface area contributed by atoms with Crippen LogP contribution < -0.4 is 0 Å². The number of phosphoric ester groups is 2. The second-order valence-corrected chi connectivity index (χ2v) is 33.0. The molecule has 0 amide bonds. The van der Waals surface area contributed by atoms with E-state index >= 15 is 0 Å². The Bertz CT molecular complexity index is 1920. The predicted molar refractivity (Wildman–Crippen MR) is 409 cm³/mol. The molecular weight excluding hydrogens is 1310 g/mol. The molecule has 19 heteroatoms. The lowest BCUT2D eigenvalue weighted by Crippen LogP contribution is -2.30. The molecule has 0 fully saturated rings. The standard InChI is InChI=1S/C81H158O17P2/c1-7-9-11-13-15-17-18-19-23-31-36-41-47-53-59-65-80(85)97-76(69-91-78(83)63-57-51-45-16-14-12-10-8-2)71-95-99(87,88)93-67-75(82)68-94-100(89,90)96-72-77(70-92-79(84)64-58-52-46-40-35-30-27-22-25-29-34-39-44-50-56-62-74(5)6)98-81(86)66-60-54-48-42-37-32-26-21-20-24-28-33-38-43-49-55-61-73(3)4/h73-77,82H,7-72H2,1-6H3,(H,87,88)(H,89,90)/t75-,76+,77+/m0/s1. The third kappa shape index (κ3) is 74.3. The number of carbonyl (C=O) groups excluding carboxylic acids is 4. The molecule has 0 saturated carbocycles. The molecule has 0 heterocycles. The summed E-state index contributed by atoms with van der Waals surface area (Å²) in [6.45, 7) is 9.67. The third-order valence-electron chi connectivity index (χ3n) is 19.0. The summed E-state index contributed by atoms with van der Waals surface area (Å²) in [5, 5.41) is 10.6. The van der Waals surface area contributed by atoms with Crippen molar-refractivity contribution in [2.24, 2.45) is 11.8 Å². The van der Waals surface area contributed by atoms with Crippen LogP contribution in [0.2, 0.25) is 0 Å². The Morgan fingerprint density at radius 1 is 0.270 bits per heavy atom. The molecule has 0 aromatic carbocycles. The van der Waals surface area contributed by atoms with Gasteiger partial charge in [0.15, 0.2) is 12.2 Å². The first-order valence-corrected chi connectivity index (χ1v) is 45.0. The lowest BCUT2D eigenvalue weighted by atomic mass is 10.0. The van der Waals surface area contributed by atoms with Crippen LogP contribution in [-0.2, 0) is 65.4 Å². The van der Waals surface area contributed by atoms with Crippen LogP contribution in [0.4, 0.5) is 0 Å². The number of carbonyl (C=O) groups is 4. The zero-order chi connectivity index (χ0) is 73.5. The highest BCUT2D eigenvalue weighted by molar-refractivity contribution is 7.47. The van der Waals surface area contributed by atoms with Gasteiger partial charge in [0.2, 0.25) is 0 Å². The van der Waals surface area contributed by atoms with Crippen molar-refractivity contribution in [3.05, 3.63) is 0 Å². The zero-order valence-electron chi connectivity index (χ0n) is 65.5. The fraction of sp³-hybridized carbons (Fsp3) is 0.951. The molecule has 0 aromatic heterocycles. The Morgan fingerprint density at radius 2 is 0.460 bits per heavy atom. The van der Waals surface area contributed by atoms with Gasteiger partial charge in [-0.15, -0.1) is 0 Å². The molecule has 100 heavy (non-hydrogen) atoms. The topological polar surface area (TPSA) is 237 Å². The van der Waals surface area contributed by atoms with Gasteiger partial charge >= 0.3 is 39.5 Å². The molecular formula is C81H158O17P2. The second kappa shape index (κ2) is 72.6. The smallest absolute Gasteiger partial charge is 0.462 e. The molecule has 0 rings (SSSR count). The molecule has 17 nitrogen and oxygen atoms in total. The van der Waals surface area contributed by atoms with E-state index in [2.05, 4.69) is 41.5 Å². The van der Waals surface area contributed by atoms with E-state index in [-0.39, 0.29) is 25.7 Å². The number of esters is 4. The Kier molecular flexibility index (Phi) is 71.2. The molecule has 594 valence electrons. The van der Waals surface area contributed by atoms with Crippen LogP contribution in [0.15, 0.2) is 0 Å². The SMILES string of the molecule is CCCCCCCCCCCCCCCCCC(=O)O[C@H](COC(=O)CCCCCCCCCC)COP(=O)(O)OC[C@H](O)COP(=O)(O)OC[C@@H](COC(=O)CCCCCCCCCCCCCCCCCC(C)C)OC(=O)CCCCCCCCCCCCCCCCCCC(C)C. The van der Waals surface area contributed by atoms with Crippen molar-refractivity contribution in [2.75, 3.05) is 39.6 Å². The van der Waals surface area contributed by atoms with Gasteiger partial charge in [-0.3, -0.25) is 37.3 Å². The summed E-state index contributed by atoms with van der Waals surface area (Å²) < 4.78 is 68.7. The van der Waals surface area contributed by atoms with Gasteiger partial charge in [0.1, 0.15) is 19.3 Å². The summed E-state index contributed by atoms with van der Waals surface area (Å²) in [6.07, 6.45) is 62.5. The maximum atomic E-state index is 13.1. The van der Waals surface area contributed by atoms with Crippen molar-refractivity contribution in [3.8, 4) is 0 Å². The largest absolute Gasteiger partial charge is 0.472 e. The second-order valence-electron chi connectivity index (χ2n) is 30.1. The highest BCUT2D eigenvalue weighted by Crippen LogP contribution is 2.45. The van der Waals surface area contributed by atoms with Crippen LogP contribution in [0.3, 0.4) is 0 Å². The van der Waals surface area contributed by atoms with Crippen LogP contribution in [0.1, 0.15) is 427 Å². The highest BCUT2D eigenvalue weighted by Gasteiger charge is 2.30. The number of hydrogen-bond donors (Lipinski definition) is 3. The molecule has 0 aromatic rings. The van der Waals surface area contributed by atoms with Gasteiger partial charge in [-0.2, -0.15) is 0 Å². The van der Waals surface area contributed by atoms with Gasteiger partial charge < -0.3 is 33.8 Å². The first-order chi connectivity index (χ1) is 48.4. The molecule has 0 aliphatic carbocycles. The Labute approximate surface area is 613 Å². The lowest BCUT2D eigenvalue weighted by molar-refractivity contribution is -0.161. The minimum absolute atomic E-state index is 0.108. The average molecular weight is 1470 g/mol. The molecule has 0 saturated heterocycles. The van der Waals surface area contributed by atoms with E-state index in [0.29, 0.717) is 25.7 Å². The van der Waals surface area contributed by atoms with Gasteiger partial charge in [0, 0.05) is 25.7 Å². The van der Waals surface area contributed by atoms with Crippen molar-refractivity contribution in [3.63, 3.8) is 0 Å². The molecule has 0 radical (unpaired) electrons. The molecule has 0 spiro atoms. The summed E-state index contributed by atoms with van der Waals surface area (Å²) >= 11 is 0. The van der Waals surface area contributed by atoms with Crippen molar-refractivity contribution >= 4 is 39.5 Å². The number of phosphoric acid groups is 2. The number of hydrogen-bond acceptors (Lipinski definition) is 15. The monoisotopic (exact) mass is 1470 g/mol. The Hall–Kier alpha value is -1.94. The fourth-order valence-corrected chi connectivity index (χ4v) is 14.1. The average Bonchev–Trinajstić information content (AvgIpc) is 0.913. The van der Waals surface area contributed by atoms with Gasteiger partial charge in [-0.05, 0) is 37.5 Å². The normalized spacial score (nSPS) is 13.9. The predicted octanol–water partition coefficient (Wildman–Crippen LogP) is 24.3. The van der Waals surface area contributed by atoms with E-state index in [0.717, 1.165) is 108 Å². The van der Waals surface area contributed by atoms with E-state index in [1.165, 1.54) is 238 Å². The van der Waals surface area contributed by atoms with Crippen molar-refractivity contribution in [2.45, 2.75) is 445 Å². The van der Waals surface area contributed by atoms with E-state index in [4.69, 9.17) is 37.0 Å². The molecule has 0 aliphatic heterocycles. The Balaban J connectivity index is 5.20. The van der Waals surface area contributed by atoms with Gasteiger partial charge in [0.05, 0.1) is 26.4 Å². The van der Waals surface area contributed by atoms with Crippen LogP contribution in [0.25, 0.3) is 0 Å². The summed E-state index contributed by atoms with van der Waals surface area (Å²) in [4.78, 5) is 72.9. The van der Waals surface area contributed by atoms with E-state index in [1.54, 1.807) is 0 Å². The van der Waals surface area contributed by atoms with Crippen molar-refractivity contribution in [1.82, 2.24) is 0 Å². The summed E-state index contributed by atoms with van der Waals surface area (Å²) in [5.41, 5.74) is 0. The van der Waals surface area contributed by atoms with Gasteiger partial charge in [-0.25, -0.2) is 9.13 Å². The van der Waals surface area contributed by atoms with Crippen molar-refractivity contribution < 1.29 is 80.2 Å². The van der Waals surface area contributed by atoms with Gasteiger partial charge in [0.25, 0.3) is 0 Å². The summed E-state index contributed by atoms with van der Waals surface area (Å²) in [7, 11) is -9.92. The summed E-state index contributed by atoms with van der Waals surface area (Å²) in [5.74, 6) is -0.494. The van der Waals surface area contributed by atoms with E-state index in [9.17, 15) is 43.2 Å². The maximum absolute atomic E-state index is 13.1. The van der Waals surface area contributed by atoms with Crippen molar-refractivity contribution in [1.29, 1.82) is 0 Å². The molecule has 0 bridgehead atoms. The van der Waals surface area contributed by atoms with E-state index < -0.39 is 97.5 Å². The molecule has 2 unspecified atom stereocenters. The number of ether oxygens (including phenoxy) is 4. The van der Waals surface area contributed by atoms with Crippen LogP contribution >= 0.6 is 15.6 Å². The Morgan fingerprint density at radius 3 is 0.680 bits per heavy atom. The third-order valence-corrected chi connectivity index (χ3v) is 20.9. The number of rotatable bonds is 80.